The molecule has 154 valence electrons. The Bertz CT molecular complexity index is 343. The number of aliphatic hydroxyl groups is 1. The van der Waals surface area contributed by atoms with E-state index in [0.29, 0.717) is 6.42 Å². The molecule has 0 bridgehead atoms. The quantitative estimate of drug-likeness (QED) is 0.273. The lowest BCUT2D eigenvalue weighted by Crippen LogP contribution is -2.27. The van der Waals surface area contributed by atoms with Crippen LogP contribution in [-0.2, 0) is 19.1 Å². The van der Waals surface area contributed by atoms with Gasteiger partial charge in [-0.25, -0.2) is 0 Å². The van der Waals surface area contributed by atoms with Crippen LogP contribution in [0.3, 0.4) is 0 Å². The molecule has 26 heavy (non-hydrogen) atoms. The highest BCUT2D eigenvalue weighted by Crippen LogP contribution is 2.13. The van der Waals surface area contributed by atoms with Crippen LogP contribution in [0.5, 0.6) is 0 Å². The largest absolute Gasteiger partial charge is 0.462 e. The third-order valence-corrected chi connectivity index (χ3v) is 4.45. The Morgan fingerprint density at radius 3 is 1.69 bits per heavy atom. The van der Waals surface area contributed by atoms with Gasteiger partial charge in [0.25, 0.3) is 0 Å². The smallest absolute Gasteiger partial charge is 0.305 e. The summed E-state index contributed by atoms with van der Waals surface area (Å²) < 4.78 is 9.83. The molecule has 5 nitrogen and oxygen atoms in total. The van der Waals surface area contributed by atoms with E-state index in [1.807, 2.05) is 0 Å². The lowest BCUT2D eigenvalue weighted by Gasteiger charge is -2.14. The molecule has 0 saturated heterocycles. The summed E-state index contributed by atoms with van der Waals surface area (Å²) in [6.45, 7) is 3.10. The van der Waals surface area contributed by atoms with Gasteiger partial charge in [0.15, 0.2) is 6.10 Å². The van der Waals surface area contributed by atoms with Crippen molar-refractivity contribution in [1.82, 2.24) is 0 Å². The molecule has 0 aliphatic carbocycles. The number of carbonyl (C=O) groups is 2. The minimum Gasteiger partial charge on any atom is -0.462 e. The molecule has 1 atom stereocenters. The lowest BCUT2D eigenvalue weighted by atomic mass is 10.0. The fraction of sp³-hybridized carbons (Fsp3) is 0.905. The number of aliphatic hydroxyl groups excluding tert-OH is 1. The van der Waals surface area contributed by atoms with E-state index in [4.69, 9.17) is 14.6 Å². The number of carbonyl (C=O) groups excluding carboxylic acids is 2. The predicted octanol–water partition coefficient (Wildman–Crippen LogP) is 4.93. The Morgan fingerprint density at radius 2 is 1.27 bits per heavy atom. The van der Waals surface area contributed by atoms with E-state index in [9.17, 15) is 9.59 Å². The normalized spacial score (nSPS) is 12.0. The standard InChI is InChI=1S/C21H40O5/c1-3-4-5-6-7-8-9-10-11-12-13-14-15-16-21(24)25-18-20(17-22)26-19(2)23/h20,22H,3-18H2,1-2H3/t20-/m1/s1. The molecule has 0 spiro atoms. The highest BCUT2D eigenvalue weighted by molar-refractivity contribution is 5.69. The minimum atomic E-state index is -0.761. The van der Waals surface area contributed by atoms with Crippen molar-refractivity contribution in [3.05, 3.63) is 0 Å². The van der Waals surface area contributed by atoms with E-state index >= 15 is 0 Å². The Hall–Kier alpha value is -1.10. The topological polar surface area (TPSA) is 72.8 Å². The number of esters is 2. The molecular weight excluding hydrogens is 332 g/mol. The van der Waals surface area contributed by atoms with Crippen molar-refractivity contribution in [2.24, 2.45) is 0 Å². The van der Waals surface area contributed by atoms with Gasteiger partial charge in [0.2, 0.25) is 0 Å². The van der Waals surface area contributed by atoms with Crippen LogP contribution in [0.2, 0.25) is 0 Å². The molecule has 0 aromatic rings. The molecule has 1 N–H and O–H groups in total. The predicted molar refractivity (Wildman–Crippen MR) is 104 cm³/mol. The van der Waals surface area contributed by atoms with E-state index in [-0.39, 0.29) is 19.2 Å². The summed E-state index contributed by atoms with van der Waals surface area (Å²) in [5, 5.41) is 9.02. The third kappa shape index (κ3) is 17.7. The van der Waals surface area contributed by atoms with Crippen molar-refractivity contribution in [2.45, 2.75) is 110 Å². The average molecular weight is 373 g/mol. The van der Waals surface area contributed by atoms with Crippen LogP contribution < -0.4 is 0 Å². The van der Waals surface area contributed by atoms with Gasteiger partial charge in [0.1, 0.15) is 6.61 Å². The fourth-order valence-electron chi connectivity index (χ4n) is 2.90. The highest BCUT2D eigenvalue weighted by Gasteiger charge is 2.13. The Kier molecular flexibility index (Phi) is 17.9. The molecule has 0 aromatic carbocycles. The molecule has 0 fully saturated rings. The zero-order valence-corrected chi connectivity index (χ0v) is 17.0. The Balaban J connectivity index is 3.33. The molecule has 5 heteroatoms. The highest BCUT2D eigenvalue weighted by atomic mass is 16.6. The van der Waals surface area contributed by atoms with Crippen molar-refractivity contribution in [1.29, 1.82) is 0 Å². The van der Waals surface area contributed by atoms with Crippen LogP contribution in [0.15, 0.2) is 0 Å². The maximum absolute atomic E-state index is 11.6. The molecule has 0 unspecified atom stereocenters. The molecular formula is C21H40O5. The van der Waals surface area contributed by atoms with Gasteiger partial charge in [-0.05, 0) is 6.42 Å². The minimum absolute atomic E-state index is 0.0760. The van der Waals surface area contributed by atoms with Gasteiger partial charge in [-0.1, -0.05) is 84.0 Å². The first-order valence-corrected chi connectivity index (χ1v) is 10.5. The van der Waals surface area contributed by atoms with E-state index in [1.54, 1.807) is 0 Å². The van der Waals surface area contributed by atoms with Crippen molar-refractivity contribution >= 4 is 11.9 Å². The van der Waals surface area contributed by atoms with Crippen molar-refractivity contribution in [3.8, 4) is 0 Å². The first-order chi connectivity index (χ1) is 12.6. The fourth-order valence-corrected chi connectivity index (χ4v) is 2.90. The summed E-state index contributed by atoms with van der Waals surface area (Å²) in [6, 6.07) is 0. The second kappa shape index (κ2) is 18.7. The van der Waals surface area contributed by atoms with Crippen molar-refractivity contribution < 1.29 is 24.2 Å². The summed E-state index contributed by atoms with van der Waals surface area (Å²) >= 11 is 0. The van der Waals surface area contributed by atoms with Gasteiger partial charge in [-0.3, -0.25) is 9.59 Å². The second-order valence-corrected chi connectivity index (χ2v) is 7.09. The Labute approximate surface area is 159 Å². The maximum atomic E-state index is 11.6. The Morgan fingerprint density at radius 1 is 0.808 bits per heavy atom. The van der Waals surface area contributed by atoms with Gasteiger partial charge in [-0.2, -0.15) is 0 Å². The first-order valence-electron chi connectivity index (χ1n) is 10.5. The van der Waals surface area contributed by atoms with Gasteiger partial charge < -0.3 is 14.6 Å². The maximum Gasteiger partial charge on any atom is 0.305 e. The van der Waals surface area contributed by atoms with E-state index in [0.717, 1.165) is 19.3 Å². The van der Waals surface area contributed by atoms with Gasteiger partial charge in [0, 0.05) is 13.3 Å². The van der Waals surface area contributed by atoms with Gasteiger partial charge in [-0.15, -0.1) is 0 Å². The van der Waals surface area contributed by atoms with Crippen molar-refractivity contribution in [2.75, 3.05) is 13.2 Å². The van der Waals surface area contributed by atoms with Crippen LogP contribution >= 0.6 is 0 Å². The molecule has 0 rings (SSSR count). The van der Waals surface area contributed by atoms with Crippen LogP contribution in [0.4, 0.5) is 0 Å². The molecule has 0 heterocycles. The van der Waals surface area contributed by atoms with E-state index in [1.165, 1.54) is 71.1 Å². The summed E-state index contributed by atoms with van der Waals surface area (Å²) in [5.41, 5.74) is 0. The van der Waals surface area contributed by atoms with Gasteiger partial charge in [0.05, 0.1) is 6.61 Å². The van der Waals surface area contributed by atoms with Crippen LogP contribution in [-0.4, -0.2) is 36.4 Å². The van der Waals surface area contributed by atoms with Crippen LogP contribution in [0.25, 0.3) is 0 Å². The monoisotopic (exact) mass is 372 g/mol. The third-order valence-electron chi connectivity index (χ3n) is 4.45. The van der Waals surface area contributed by atoms with E-state index < -0.39 is 12.1 Å². The number of hydrogen-bond donors (Lipinski definition) is 1. The lowest BCUT2D eigenvalue weighted by molar-refractivity contribution is -0.159. The summed E-state index contributed by atoms with van der Waals surface area (Å²) in [4.78, 5) is 22.4. The number of hydrogen-bond acceptors (Lipinski definition) is 5. The molecule has 0 aromatic heterocycles. The average Bonchev–Trinajstić information content (AvgIpc) is 2.62. The number of rotatable bonds is 18. The van der Waals surface area contributed by atoms with Crippen LogP contribution in [0.1, 0.15) is 104 Å². The van der Waals surface area contributed by atoms with Crippen molar-refractivity contribution in [3.63, 3.8) is 0 Å². The van der Waals surface area contributed by atoms with E-state index in [2.05, 4.69) is 6.92 Å². The molecule has 0 saturated carbocycles. The molecule has 0 aliphatic rings. The molecule has 0 radical (unpaired) electrons. The second-order valence-electron chi connectivity index (χ2n) is 7.09. The van der Waals surface area contributed by atoms with Crippen LogP contribution in [0, 0.1) is 0 Å². The molecule has 0 aliphatic heterocycles. The molecule has 0 amide bonds. The first kappa shape index (κ1) is 24.9. The summed E-state index contributed by atoms with van der Waals surface area (Å²) in [6.07, 6.45) is 16.1. The zero-order chi connectivity index (χ0) is 19.5. The summed E-state index contributed by atoms with van der Waals surface area (Å²) in [7, 11) is 0. The summed E-state index contributed by atoms with van der Waals surface area (Å²) in [5.74, 6) is -0.782. The SMILES string of the molecule is CCCCCCCCCCCCCCCC(=O)OC[C@@H](CO)OC(C)=O. The zero-order valence-electron chi connectivity index (χ0n) is 17.0. The number of ether oxygens (including phenoxy) is 2. The van der Waals surface area contributed by atoms with Gasteiger partial charge >= 0.3 is 11.9 Å². The number of unbranched alkanes of at least 4 members (excludes halogenated alkanes) is 12.